The number of carbonyl (C=O) groups excluding carboxylic acids is 1. The first-order chi connectivity index (χ1) is 8.40. The van der Waals surface area contributed by atoms with Crippen molar-refractivity contribution in [2.45, 2.75) is 19.4 Å². The molecule has 1 atom stereocenters. The highest BCUT2D eigenvalue weighted by Gasteiger charge is 2.21. The highest BCUT2D eigenvalue weighted by atomic mass is 16.6. The molecule has 7 heteroatoms. The number of nitro benzene ring substituents is 1. The summed E-state index contributed by atoms with van der Waals surface area (Å²) in [7, 11) is 0. The van der Waals surface area contributed by atoms with Crippen LogP contribution in [0.4, 0.5) is 5.69 Å². The molecule has 0 heterocycles. The Morgan fingerprint density at radius 2 is 1.94 bits per heavy atom. The summed E-state index contributed by atoms with van der Waals surface area (Å²) in [6.45, 7) is 1.12. The summed E-state index contributed by atoms with van der Waals surface area (Å²) in [6.07, 6.45) is -1.32. The second-order valence-electron chi connectivity index (χ2n) is 3.56. The lowest BCUT2D eigenvalue weighted by Crippen LogP contribution is -2.28. The molecule has 1 unspecified atom stereocenters. The van der Waals surface area contributed by atoms with Crippen molar-refractivity contribution >= 4 is 17.6 Å². The molecule has 96 valence electrons. The van der Waals surface area contributed by atoms with E-state index in [1.165, 1.54) is 24.3 Å². The van der Waals surface area contributed by atoms with Gasteiger partial charge in [-0.2, -0.15) is 0 Å². The maximum absolute atomic E-state index is 10.8. The van der Waals surface area contributed by atoms with Crippen LogP contribution < -0.4 is 0 Å². The fourth-order valence-corrected chi connectivity index (χ4v) is 1.35. The van der Waals surface area contributed by atoms with Crippen molar-refractivity contribution in [2.24, 2.45) is 0 Å². The van der Waals surface area contributed by atoms with Crippen LogP contribution in [-0.4, -0.2) is 28.1 Å². The highest BCUT2D eigenvalue weighted by Crippen LogP contribution is 2.14. The van der Waals surface area contributed by atoms with Gasteiger partial charge in [-0.05, 0) is 5.56 Å². The maximum atomic E-state index is 10.8. The number of non-ortho nitro benzene ring substituents is 1. The number of carboxylic acids is 1. The summed E-state index contributed by atoms with van der Waals surface area (Å²) >= 11 is 0. The predicted octanol–water partition coefficient (Wildman–Crippen LogP) is 1.15. The van der Waals surface area contributed by atoms with E-state index in [1.807, 2.05) is 0 Å². The monoisotopic (exact) mass is 253 g/mol. The van der Waals surface area contributed by atoms with E-state index >= 15 is 0 Å². The number of carboxylic acid groups (broad SMARTS) is 1. The first kappa shape index (κ1) is 13.6. The minimum Gasteiger partial charge on any atom is -0.478 e. The van der Waals surface area contributed by atoms with Gasteiger partial charge in [-0.1, -0.05) is 12.1 Å². The average Bonchev–Trinajstić information content (AvgIpc) is 2.28. The maximum Gasteiger partial charge on any atom is 0.345 e. The molecule has 0 aliphatic carbocycles. The van der Waals surface area contributed by atoms with Gasteiger partial charge in [0.25, 0.3) is 5.69 Å². The first-order valence-corrected chi connectivity index (χ1v) is 5.03. The molecule has 0 radical (unpaired) electrons. The summed E-state index contributed by atoms with van der Waals surface area (Å²) in [5.74, 6) is -1.95. The van der Waals surface area contributed by atoms with Gasteiger partial charge < -0.3 is 9.84 Å². The Morgan fingerprint density at radius 3 is 2.33 bits per heavy atom. The Balaban J connectivity index is 2.78. The summed E-state index contributed by atoms with van der Waals surface area (Å²) in [6, 6.07) is 5.39. The smallest absolute Gasteiger partial charge is 0.345 e. The van der Waals surface area contributed by atoms with Gasteiger partial charge in [0.2, 0.25) is 6.10 Å². The lowest BCUT2D eigenvalue weighted by atomic mass is 10.1. The van der Waals surface area contributed by atoms with Gasteiger partial charge in [-0.25, -0.2) is 4.79 Å². The van der Waals surface area contributed by atoms with E-state index in [2.05, 4.69) is 4.74 Å². The molecule has 0 bridgehead atoms. The number of hydrogen-bond acceptors (Lipinski definition) is 5. The molecule has 1 rings (SSSR count). The van der Waals surface area contributed by atoms with Crippen LogP contribution in [0.15, 0.2) is 24.3 Å². The molecular weight excluding hydrogens is 242 g/mol. The molecule has 0 aromatic heterocycles. The van der Waals surface area contributed by atoms with Crippen molar-refractivity contribution in [2.75, 3.05) is 0 Å². The summed E-state index contributed by atoms with van der Waals surface area (Å²) in [5.41, 5.74) is 0.451. The van der Waals surface area contributed by atoms with Crippen LogP contribution in [0.5, 0.6) is 0 Å². The number of nitrogens with zero attached hydrogens (tertiary/aromatic N) is 1. The van der Waals surface area contributed by atoms with E-state index in [0.717, 1.165) is 6.92 Å². The van der Waals surface area contributed by atoms with Crippen molar-refractivity contribution in [3.05, 3.63) is 39.9 Å². The van der Waals surface area contributed by atoms with E-state index in [4.69, 9.17) is 5.11 Å². The molecule has 0 spiro atoms. The van der Waals surface area contributed by atoms with Crippen molar-refractivity contribution in [1.82, 2.24) is 0 Å². The normalized spacial score (nSPS) is 11.6. The first-order valence-electron chi connectivity index (χ1n) is 5.03. The fourth-order valence-electron chi connectivity index (χ4n) is 1.35. The molecule has 0 amide bonds. The lowest BCUT2D eigenvalue weighted by Gasteiger charge is -2.12. The van der Waals surface area contributed by atoms with Crippen molar-refractivity contribution < 1.29 is 24.4 Å². The second-order valence-corrected chi connectivity index (χ2v) is 3.56. The molecule has 1 N–H and O–H groups in total. The van der Waals surface area contributed by atoms with E-state index in [1.54, 1.807) is 0 Å². The van der Waals surface area contributed by atoms with Crippen LogP contribution in [0.1, 0.15) is 12.5 Å². The Bertz CT molecular complexity index is 467. The SMILES string of the molecule is CC(=O)OC(Cc1ccc([N+](=O)[O-])cc1)C(=O)O. The number of benzene rings is 1. The number of aliphatic carboxylic acids is 1. The predicted molar refractivity (Wildman–Crippen MR) is 60.0 cm³/mol. The van der Waals surface area contributed by atoms with Crippen LogP contribution in [-0.2, 0) is 20.7 Å². The molecule has 0 aliphatic rings. The minimum absolute atomic E-state index is 0.0348. The number of nitro groups is 1. The topological polar surface area (TPSA) is 107 Å². The molecule has 18 heavy (non-hydrogen) atoms. The molecule has 0 saturated heterocycles. The van der Waals surface area contributed by atoms with Crippen LogP contribution in [0, 0.1) is 10.1 Å². The van der Waals surface area contributed by atoms with Gasteiger partial charge in [0.1, 0.15) is 0 Å². The Labute approximate surface area is 102 Å². The Hall–Kier alpha value is -2.44. The summed E-state index contributed by atoms with van der Waals surface area (Å²) < 4.78 is 4.62. The van der Waals surface area contributed by atoms with E-state index in [9.17, 15) is 19.7 Å². The van der Waals surface area contributed by atoms with Crippen molar-refractivity contribution in [3.63, 3.8) is 0 Å². The highest BCUT2D eigenvalue weighted by molar-refractivity contribution is 5.77. The Kier molecular flexibility index (Phi) is 4.36. The number of rotatable bonds is 5. The molecule has 0 saturated carbocycles. The zero-order valence-electron chi connectivity index (χ0n) is 9.53. The molecule has 0 fully saturated rings. The van der Waals surface area contributed by atoms with Crippen LogP contribution in [0.2, 0.25) is 0 Å². The fraction of sp³-hybridized carbons (Fsp3) is 0.273. The lowest BCUT2D eigenvalue weighted by molar-refractivity contribution is -0.384. The number of carbonyl (C=O) groups is 2. The second kappa shape index (κ2) is 5.76. The third-order valence-electron chi connectivity index (χ3n) is 2.15. The Morgan fingerprint density at radius 1 is 1.39 bits per heavy atom. The standard InChI is InChI=1S/C11H11NO6/c1-7(13)18-10(11(14)15)6-8-2-4-9(5-3-8)12(16)17/h2-5,10H,6H2,1H3,(H,14,15). The van der Waals surface area contributed by atoms with Gasteiger partial charge in [-0.3, -0.25) is 14.9 Å². The van der Waals surface area contributed by atoms with Crippen LogP contribution in [0.25, 0.3) is 0 Å². The zero-order chi connectivity index (χ0) is 13.7. The zero-order valence-corrected chi connectivity index (χ0v) is 9.53. The number of hydrogen-bond donors (Lipinski definition) is 1. The van der Waals surface area contributed by atoms with Crippen molar-refractivity contribution in [3.8, 4) is 0 Å². The minimum atomic E-state index is -1.29. The van der Waals surface area contributed by atoms with Gasteiger partial charge in [0, 0.05) is 25.5 Å². The molecular formula is C11H11NO6. The van der Waals surface area contributed by atoms with Gasteiger partial charge in [-0.15, -0.1) is 0 Å². The third kappa shape index (κ3) is 3.85. The van der Waals surface area contributed by atoms with E-state index in [-0.39, 0.29) is 12.1 Å². The summed E-state index contributed by atoms with van der Waals surface area (Å²) in [4.78, 5) is 31.4. The van der Waals surface area contributed by atoms with Crippen LogP contribution >= 0.6 is 0 Å². The van der Waals surface area contributed by atoms with Crippen molar-refractivity contribution in [1.29, 1.82) is 0 Å². The van der Waals surface area contributed by atoms with E-state index < -0.39 is 23.0 Å². The quantitative estimate of drug-likeness (QED) is 0.479. The van der Waals surface area contributed by atoms with E-state index in [0.29, 0.717) is 5.56 Å². The molecule has 7 nitrogen and oxygen atoms in total. The number of ether oxygens (including phenoxy) is 1. The molecule has 1 aromatic rings. The largest absolute Gasteiger partial charge is 0.478 e. The average molecular weight is 253 g/mol. The van der Waals surface area contributed by atoms with Gasteiger partial charge in [0.05, 0.1) is 4.92 Å². The van der Waals surface area contributed by atoms with Gasteiger partial charge >= 0.3 is 11.9 Å². The summed E-state index contributed by atoms with van der Waals surface area (Å²) in [5, 5.41) is 19.3. The number of esters is 1. The molecule has 1 aromatic carbocycles. The van der Waals surface area contributed by atoms with Gasteiger partial charge in [0.15, 0.2) is 0 Å². The third-order valence-corrected chi connectivity index (χ3v) is 2.15. The van der Waals surface area contributed by atoms with Crippen LogP contribution in [0.3, 0.4) is 0 Å². The molecule has 0 aliphatic heterocycles.